The zero-order valence-corrected chi connectivity index (χ0v) is 12.4. The van der Waals surface area contributed by atoms with Crippen LogP contribution in [0.1, 0.15) is 44.2 Å². The fourth-order valence-electron chi connectivity index (χ4n) is 2.26. The minimum absolute atomic E-state index is 0.0266. The highest BCUT2D eigenvalue weighted by Crippen LogP contribution is 2.29. The number of hydrogen-bond donors (Lipinski definition) is 1. The lowest BCUT2D eigenvalue weighted by Gasteiger charge is -2.38. The Hall–Kier alpha value is -1.98. The largest absolute Gasteiger partial charge is 0.355 e. The van der Waals surface area contributed by atoms with E-state index >= 15 is 0 Å². The number of hydrogen-bond acceptors (Lipinski definition) is 5. The number of rotatable bonds is 2. The second-order valence-corrected chi connectivity index (χ2v) is 6.37. The van der Waals surface area contributed by atoms with Crippen LogP contribution in [0.15, 0.2) is 12.3 Å². The van der Waals surface area contributed by atoms with Crippen LogP contribution in [0.5, 0.6) is 0 Å². The van der Waals surface area contributed by atoms with Crippen molar-refractivity contribution in [3.8, 4) is 0 Å². The molecule has 1 fully saturated rings. The van der Waals surface area contributed by atoms with Crippen LogP contribution in [0.25, 0.3) is 0 Å². The van der Waals surface area contributed by atoms with E-state index in [9.17, 15) is 0 Å². The number of anilines is 1. The monoisotopic (exact) mass is 272 g/mol. The van der Waals surface area contributed by atoms with Crippen LogP contribution in [0.3, 0.4) is 0 Å². The molecule has 0 saturated carbocycles. The van der Waals surface area contributed by atoms with Gasteiger partial charge in [0.15, 0.2) is 5.82 Å². The Labute approximate surface area is 118 Å². The summed E-state index contributed by atoms with van der Waals surface area (Å²) in [5.74, 6) is 4.05. The van der Waals surface area contributed by atoms with E-state index in [1.807, 2.05) is 19.2 Å². The third-order valence-electron chi connectivity index (χ3n) is 3.50. The quantitative estimate of drug-likeness (QED) is 0.902. The van der Waals surface area contributed by atoms with Crippen LogP contribution in [-0.2, 0) is 5.41 Å². The molecule has 6 nitrogen and oxygen atoms in total. The van der Waals surface area contributed by atoms with Gasteiger partial charge in [0, 0.05) is 24.7 Å². The van der Waals surface area contributed by atoms with Crippen LogP contribution >= 0.6 is 0 Å². The molecule has 0 atom stereocenters. The van der Waals surface area contributed by atoms with Crippen molar-refractivity contribution in [3.05, 3.63) is 29.7 Å². The zero-order chi connectivity index (χ0) is 14.3. The molecule has 3 rings (SSSR count). The van der Waals surface area contributed by atoms with Gasteiger partial charge in [-0.25, -0.2) is 15.0 Å². The Morgan fingerprint density at radius 1 is 1.25 bits per heavy atom. The first kappa shape index (κ1) is 13.0. The smallest absolute Gasteiger partial charge is 0.157 e. The molecule has 0 aliphatic carbocycles. The van der Waals surface area contributed by atoms with Crippen molar-refractivity contribution >= 4 is 5.82 Å². The maximum Gasteiger partial charge on any atom is 0.157 e. The Bertz CT molecular complexity index is 606. The molecule has 2 aromatic heterocycles. The van der Waals surface area contributed by atoms with E-state index in [0.717, 1.165) is 36.4 Å². The molecule has 0 bridgehead atoms. The van der Waals surface area contributed by atoms with Gasteiger partial charge in [0.1, 0.15) is 17.5 Å². The number of aryl methyl sites for hydroxylation is 1. The maximum absolute atomic E-state index is 4.67. The van der Waals surface area contributed by atoms with Gasteiger partial charge in [-0.15, -0.1) is 0 Å². The van der Waals surface area contributed by atoms with Crippen molar-refractivity contribution < 1.29 is 0 Å². The van der Waals surface area contributed by atoms with Crippen LogP contribution in [0.2, 0.25) is 0 Å². The van der Waals surface area contributed by atoms with Gasteiger partial charge >= 0.3 is 0 Å². The Kier molecular flexibility index (Phi) is 2.96. The van der Waals surface area contributed by atoms with Gasteiger partial charge in [-0.1, -0.05) is 20.8 Å². The fourth-order valence-corrected chi connectivity index (χ4v) is 2.26. The van der Waals surface area contributed by atoms with Crippen LogP contribution < -0.4 is 4.90 Å². The maximum atomic E-state index is 4.67. The number of H-pyrrole nitrogens is 1. The first-order chi connectivity index (χ1) is 9.43. The standard InChI is InChI=1S/C14H20N6/c1-9-16-12(19-18-9)10-7-20(8-10)11-5-6-15-13(17-11)14(2,3)4/h5-6,10H,7-8H2,1-4H3,(H,16,18,19). The summed E-state index contributed by atoms with van der Waals surface area (Å²) < 4.78 is 0. The van der Waals surface area contributed by atoms with Crippen molar-refractivity contribution in [1.29, 1.82) is 0 Å². The molecule has 3 heterocycles. The lowest BCUT2D eigenvalue weighted by molar-refractivity contribution is 0.490. The van der Waals surface area contributed by atoms with Crippen LogP contribution in [0, 0.1) is 6.92 Å². The number of aromatic amines is 1. The Morgan fingerprint density at radius 3 is 2.60 bits per heavy atom. The summed E-state index contributed by atoms with van der Waals surface area (Å²) in [6.07, 6.45) is 1.84. The molecule has 0 amide bonds. The predicted octanol–water partition coefficient (Wildman–Crippen LogP) is 1.80. The SMILES string of the molecule is Cc1nc(C2CN(c3ccnc(C(C)(C)C)n3)C2)n[nH]1. The summed E-state index contributed by atoms with van der Waals surface area (Å²) in [5.41, 5.74) is -0.0266. The van der Waals surface area contributed by atoms with Crippen LogP contribution in [-0.4, -0.2) is 38.2 Å². The molecule has 20 heavy (non-hydrogen) atoms. The molecule has 1 aliphatic heterocycles. The normalized spacial score (nSPS) is 16.3. The second-order valence-electron chi connectivity index (χ2n) is 6.37. The highest BCUT2D eigenvalue weighted by atomic mass is 15.3. The van der Waals surface area contributed by atoms with Gasteiger partial charge in [0.05, 0.1) is 5.92 Å². The summed E-state index contributed by atoms with van der Waals surface area (Å²) in [6, 6.07) is 1.97. The summed E-state index contributed by atoms with van der Waals surface area (Å²) in [4.78, 5) is 15.7. The fraction of sp³-hybridized carbons (Fsp3) is 0.571. The predicted molar refractivity (Wildman–Crippen MR) is 76.8 cm³/mol. The minimum Gasteiger partial charge on any atom is -0.355 e. The molecule has 2 aromatic rings. The first-order valence-electron chi connectivity index (χ1n) is 6.91. The van der Waals surface area contributed by atoms with Gasteiger partial charge in [-0.05, 0) is 13.0 Å². The van der Waals surface area contributed by atoms with E-state index in [0.29, 0.717) is 5.92 Å². The highest BCUT2D eigenvalue weighted by molar-refractivity contribution is 5.43. The van der Waals surface area contributed by atoms with E-state index < -0.39 is 0 Å². The topological polar surface area (TPSA) is 70.6 Å². The molecular formula is C14H20N6. The van der Waals surface area contributed by atoms with E-state index in [1.54, 1.807) is 0 Å². The molecule has 0 aromatic carbocycles. The van der Waals surface area contributed by atoms with Gasteiger partial charge in [0.25, 0.3) is 0 Å². The van der Waals surface area contributed by atoms with E-state index in [1.165, 1.54) is 0 Å². The average molecular weight is 272 g/mol. The number of nitrogens with zero attached hydrogens (tertiary/aromatic N) is 5. The van der Waals surface area contributed by atoms with Crippen molar-refractivity contribution in [3.63, 3.8) is 0 Å². The number of nitrogens with one attached hydrogen (secondary N) is 1. The van der Waals surface area contributed by atoms with Crippen molar-refractivity contribution in [1.82, 2.24) is 25.1 Å². The molecule has 1 aliphatic rings. The van der Waals surface area contributed by atoms with E-state index in [2.05, 4.69) is 50.8 Å². The van der Waals surface area contributed by atoms with E-state index in [-0.39, 0.29) is 5.41 Å². The van der Waals surface area contributed by atoms with Gasteiger partial charge in [-0.3, -0.25) is 5.10 Å². The van der Waals surface area contributed by atoms with Gasteiger partial charge in [-0.2, -0.15) is 5.10 Å². The highest BCUT2D eigenvalue weighted by Gasteiger charge is 2.32. The van der Waals surface area contributed by atoms with Crippen molar-refractivity contribution in [2.24, 2.45) is 0 Å². The molecule has 1 N–H and O–H groups in total. The molecule has 0 radical (unpaired) electrons. The third-order valence-corrected chi connectivity index (χ3v) is 3.50. The van der Waals surface area contributed by atoms with Crippen molar-refractivity contribution in [2.75, 3.05) is 18.0 Å². The van der Waals surface area contributed by atoms with Gasteiger partial charge in [0.2, 0.25) is 0 Å². The van der Waals surface area contributed by atoms with E-state index in [4.69, 9.17) is 0 Å². The summed E-state index contributed by atoms with van der Waals surface area (Å²) >= 11 is 0. The first-order valence-corrected chi connectivity index (χ1v) is 6.91. The average Bonchev–Trinajstić information content (AvgIpc) is 2.73. The second kappa shape index (κ2) is 4.54. The molecule has 6 heteroatoms. The summed E-state index contributed by atoms with van der Waals surface area (Å²) in [5, 5.41) is 7.12. The van der Waals surface area contributed by atoms with Crippen molar-refractivity contribution in [2.45, 2.75) is 39.0 Å². The Balaban J connectivity index is 1.71. The lowest BCUT2D eigenvalue weighted by atomic mass is 9.95. The molecule has 0 unspecified atom stereocenters. The minimum atomic E-state index is -0.0266. The number of aromatic nitrogens is 5. The molecule has 0 spiro atoms. The molecule has 1 saturated heterocycles. The third kappa shape index (κ3) is 2.37. The van der Waals surface area contributed by atoms with Crippen LogP contribution in [0.4, 0.5) is 5.82 Å². The lowest BCUT2D eigenvalue weighted by Crippen LogP contribution is -2.46. The van der Waals surface area contributed by atoms with Gasteiger partial charge < -0.3 is 4.90 Å². The Morgan fingerprint density at radius 2 is 2.00 bits per heavy atom. The zero-order valence-electron chi connectivity index (χ0n) is 12.4. The summed E-state index contributed by atoms with van der Waals surface area (Å²) in [7, 11) is 0. The molecule has 106 valence electrons. The molecular weight excluding hydrogens is 252 g/mol. The summed E-state index contributed by atoms with van der Waals surface area (Å²) in [6.45, 7) is 10.1.